The second-order valence-electron chi connectivity index (χ2n) is 4.19. The summed E-state index contributed by atoms with van der Waals surface area (Å²) in [6.45, 7) is 0. The molecule has 4 nitrogen and oxygen atoms in total. The molecular weight excluding hydrogens is 252 g/mol. The third-order valence-corrected chi connectivity index (χ3v) is 2.74. The number of hydrogen-bond acceptors (Lipinski definition) is 3. The van der Waals surface area contributed by atoms with Gasteiger partial charge < -0.3 is 15.8 Å². The summed E-state index contributed by atoms with van der Waals surface area (Å²) in [5.74, 6) is 0.422. The smallest absolute Gasteiger partial charge is 0.248 e. The topological polar surface area (TPSA) is 64.3 Å². The number of amides is 1. The van der Waals surface area contributed by atoms with E-state index in [1.54, 1.807) is 31.4 Å². The molecule has 2 aromatic carbocycles. The fourth-order valence-electron chi connectivity index (χ4n) is 1.69. The van der Waals surface area contributed by atoms with Crippen molar-refractivity contribution in [3.63, 3.8) is 0 Å². The fourth-order valence-corrected chi connectivity index (χ4v) is 1.69. The second-order valence-corrected chi connectivity index (χ2v) is 4.19. The van der Waals surface area contributed by atoms with Crippen molar-refractivity contribution >= 4 is 23.4 Å². The van der Waals surface area contributed by atoms with Crippen LogP contribution in [-0.4, -0.2) is 13.0 Å². The van der Waals surface area contributed by atoms with Gasteiger partial charge in [0.1, 0.15) is 5.75 Å². The van der Waals surface area contributed by atoms with Crippen LogP contribution in [0.4, 0.5) is 11.4 Å². The van der Waals surface area contributed by atoms with Gasteiger partial charge in [-0.05, 0) is 23.8 Å². The van der Waals surface area contributed by atoms with Crippen LogP contribution in [0.25, 0.3) is 6.08 Å². The van der Waals surface area contributed by atoms with E-state index in [0.717, 1.165) is 5.56 Å². The van der Waals surface area contributed by atoms with Gasteiger partial charge in [0, 0.05) is 12.1 Å². The van der Waals surface area contributed by atoms with Crippen molar-refractivity contribution in [2.75, 3.05) is 18.2 Å². The second kappa shape index (κ2) is 6.43. The zero-order valence-electron chi connectivity index (χ0n) is 11.2. The lowest BCUT2D eigenvalue weighted by Gasteiger charge is -2.07. The van der Waals surface area contributed by atoms with E-state index in [9.17, 15) is 4.79 Å². The lowest BCUT2D eigenvalue weighted by Crippen LogP contribution is -2.09. The van der Waals surface area contributed by atoms with Crippen LogP contribution in [0, 0.1) is 0 Å². The minimum absolute atomic E-state index is 0.231. The predicted octanol–water partition coefficient (Wildman–Crippen LogP) is 2.93. The van der Waals surface area contributed by atoms with Crippen LogP contribution in [0.15, 0.2) is 54.6 Å². The average Bonchev–Trinajstić information content (AvgIpc) is 2.48. The van der Waals surface area contributed by atoms with E-state index < -0.39 is 0 Å². The van der Waals surface area contributed by atoms with Gasteiger partial charge in [-0.15, -0.1) is 0 Å². The van der Waals surface area contributed by atoms with Gasteiger partial charge in [-0.2, -0.15) is 0 Å². The number of nitrogens with two attached hydrogens (primary N) is 1. The van der Waals surface area contributed by atoms with Crippen LogP contribution < -0.4 is 15.8 Å². The lowest BCUT2D eigenvalue weighted by atomic mass is 10.2. The van der Waals surface area contributed by atoms with E-state index in [4.69, 9.17) is 10.5 Å². The quantitative estimate of drug-likeness (QED) is 0.662. The molecule has 102 valence electrons. The summed E-state index contributed by atoms with van der Waals surface area (Å²) in [5, 5.41) is 2.73. The van der Waals surface area contributed by atoms with Gasteiger partial charge in [0.25, 0.3) is 0 Å². The number of nitrogen functional groups attached to an aromatic ring is 1. The van der Waals surface area contributed by atoms with Gasteiger partial charge in [0.05, 0.1) is 18.5 Å². The number of nitrogens with one attached hydrogen (secondary N) is 1. The minimum atomic E-state index is -0.231. The summed E-state index contributed by atoms with van der Waals surface area (Å²) in [6, 6.07) is 14.7. The van der Waals surface area contributed by atoms with Crippen LogP contribution >= 0.6 is 0 Å². The SMILES string of the molecule is COc1ccc(NC(=O)/C=C/c2ccccc2)c(N)c1. The molecule has 2 aromatic rings. The fraction of sp³-hybridized carbons (Fsp3) is 0.0625. The zero-order chi connectivity index (χ0) is 14.4. The molecular formula is C16H16N2O2. The predicted molar refractivity (Wildman–Crippen MR) is 81.5 cm³/mol. The molecule has 0 atom stereocenters. The molecule has 0 saturated carbocycles. The minimum Gasteiger partial charge on any atom is -0.497 e. The summed E-state index contributed by atoms with van der Waals surface area (Å²) >= 11 is 0. The Balaban J connectivity index is 2.03. The van der Waals surface area contributed by atoms with Crippen molar-refractivity contribution in [1.82, 2.24) is 0 Å². The molecule has 0 radical (unpaired) electrons. The van der Waals surface area contributed by atoms with Crippen molar-refractivity contribution in [3.05, 3.63) is 60.2 Å². The van der Waals surface area contributed by atoms with E-state index in [0.29, 0.717) is 17.1 Å². The summed E-state index contributed by atoms with van der Waals surface area (Å²) in [7, 11) is 1.57. The van der Waals surface area contributed by atoms with Gasteiger partial charge in [0.2, 0.25) is 5.91 Å². The number of carbonyl (C=O) groups excluding carboxylic acids is 1. The summed E-state index contributed by atoms with van der Waals surface area (Å²) in [4.78, 5) is 11.8. The van der Waals surface area contributed by atoms with Crippen molar-refractivity contribution < 1.29 is 9.53 Å². The maximum Gasteiger partial charge on any atom is 0.248 e. The third kappa shape index (κ3) is 3.62. The Kier molecular flexibility index (Phi) is 4.39. The van der Waals surface area contributed by atoms with Gasteiger partial charge in [-0.1, -0.05) is 30.3 Å². The Morgan fingerprint density at radius 2 is 1.95 bits per heavy atom. The van der Waals surface area contributed by atoms with Crippen molar-refractivity contribution in [1.29, 1.82) is 0 Å². The van der Waals surface area contributed by atoms with Gasteiger partial charge >= 0.3 is 0 Å². The summed E-state index contributed by atoms with van der Waals surface area (Å²) in [5.41, 5.74) is 7.82. The molecule has 3 N–H and O–H groups in total. The molecule has 0 bridgehead atoms. The van der Waals surface area contributed by atoms with Crippen LogP contribution in [-0.2, 0) is 4.79 Å². The Bertz CT molecular complexity index is 622. The van der Waals surface area contributed by atoms with E-state index >= 15 is 0 Å². The molecule has 0 unspecified atom stereocenters. The molecule has 0 fully saturated rings. The van der Waals surface area contributed by atoms with Crippen LogP contribution in [0.3, 0.4) is 0 Å². The highest BCUT2D eigenvalue weighted by Gasteiger charge is 2.03. The third-order valence-electron chi connectivity index (χ3n) is 2.74. The number of rotatable bonds is 4. The average molecular weight is 268 g/mol. The molecule has 1 amide bonds. The number of methoxy groups -OCH3 is 1. The first-order valence-corrected chi connectivity index (χ1v) is 6.16. The molecule has 2 rings (SSSR count). The number of ether oxygens (including phenoxy) is 1. The molecule has 0 spiro atoms. The highest BCUT2D eigenvalue weighted by molar-refractivity contribution is 6.03. The van der Waals surface area contributed by atoms with Crippen molar-refractivity contribution in [3.8, 4) is 5.75 Å². The highest BCUT2D eigenvalue weighted by atomic mass is 16.5. The Hall–Kier alpha value is -2.75. The normalized spacial score (nSPS) is 10.4. The maximum atomic E-state index is 11.8. The van der Waals surface area contributed by atoms with Crippen LogP contribution in [0.1, 0.15) is 5.56 Å². The lowest BCUT2D eigenvalue weighted by molar-refractivity contribution is -0.111. The first kappa shape index (κ1) is 13.7. The number of carbonyl (C=O) groups is 1. The van der Waals surface area contributed by atoms with Crippen molar-refractivity contribution in [2.24, 2.45) is 0 Å². The first-order valence-electron chi connectivity index (χ1n) is 6.16. The van der Waals surface area contributed by atoms with E-state index in [-0.39, 0.29) is 5.91 Å². The number of anilines is 2. The molecule has 20 heavy (non-hydrogen) atoms. The Labute approximate surface area is 117 Å². The zero-order valence-corrected chi connectivity index (χ0v) is 11.2. The molecule has 0 saturated heterocycles. The molecule has 0 heterocycles. The van der Waals surface area contributed by atoms with E-state index in [2.05, 4.69) is 5.32 Å². The van der Waals surface area contributed by atoms with Gasteiger partial charge in [0.15, 0.2) is 0 Å². The molecule has 0 aliphatic heterocycles. The Morgan fingerprint density at radius 1 is 1.20 bits per heavy atom. The number of hydrogen-bond donors (Lipinski definition) is 2. The molecule has 0 aliphatic carbocycles. The highest BCUT2D eigenvalue weighted by Crippen LogP contribution is 2.23. The summed E-state index contributed by atoms with van der Waals surface area (Å²) in [6.07, 6.45) is 3.22. The first-order chi connectivity index (χ1) is 9.69. The standard InChI is InChI=1S/C16H16N2O2/c1-20-13-8-9-15(14(17)11-13)18-16(19)10-7-12-5-3-2-4-6-12/h2-11H,17H2,1H3,(H,18,19)/b10-7+. The maximum absolute atomic E-state index is 11.8. The summed E-state index contributed by atoms with van der Waals surface area (Å²) < 4.78 is 5.05. The van der Waals surface area contributed by atoms with Gasteiger partial charge in [-0.25, -0.2) is 0 Å². The number of benzene rings is 2. The largest absolute Gasteiger partial charge is 0.497 e. The van der Waals surface area contributed by atoms with Crippen LogP contribution in [0.2, 0.25) is 0 Å². The van der Waals surface area contributed by atoms with E-state index in [1.807, 2.05) is 30.3 Å². The molecule has 0 aromatic heterocycles. The molecule has 0 aliphatic rings. The Morgan fingerprint density at radius 3 is 2.60 bits per heavy atom. The van der Waals surface area contributed by atoms with Crippen molar-refractivity contribution in [2.45, 2.75) is 0 Å². The molecule has 4 heteroatoms. The van der Waals surface area contributed by atoms with Crippen LogP contribution in [0.5, 0.6) is 5.75 Å². The van der Waals surface area contributed by atoms with E-state index in [1.165, 1.54) is 6.08 Å². The monoisotopic (exact) mass is 268 g/mol. The van der Waals surface area contributed by atoms with Gasteiger partial charge in [-0.3, -0.25) is 4.79 Å².